The Kier molecular flexibility index (Phi) is 16.6. The third kappa shape index (κ3) is 11.9. The smallest absolute Gasteiger partial charge is 0.335 e. The van der Waals surface area contributed by atoms with E-state index in [1.807, 2.05) is 47.6 Å². The molecule has 6 rings (SSSR count). The SMILES string of the molecule is CCOc1cc(=O)n(-c2ccccc2)c(=O)[nH]1.CO.[2H-].[C-]#[N+]c1c(N)n[nH]c1C(C)(C)C.[C-]#[N+]c1c(N=Nc2c(OCC)[nH]c(=O)n(-c3ccccc3)c2=O)n[nH]c1C(C)(C)C. The number of anilines is 1. The molecule has 0 spiro atoms. The van der Waals surface area contributed by atoms with Gasteiger partial charge in [-0.25, -0.2) is 28.4 Å². The average molecular weight is 838 g/mol. The lowest BCUT2D eigenvalue weighted by atomic mass is 9.91. The molecule has 322 valence electrons. The summed E-state index contributed by atoms with van der Waals surface area (Å²) >= 11 is 0. The van der Waals surface area contributed by atoms with E-state index in [2.05, 4.69) is 50.3 Å². The molecule has 0 saturated heterocycles. The van der Waals surface area contributed by atoms with Crippen LogP contribution in [0.1, 0.15) is 68.2 Å². The van der Waals surface area contributed by atoms with E-state index in [-0.39, 0.29) is 53.6 Å². The normalized spacial score (nSPS) is 10.8. The summed E-state index contributed by atoms with van der Waals surface area (Å²) in [4.78, 5) is 60.9. The lowest BCUT2D eigenvalue weighted by Gasteiger charge is -2.16. The number of nitrogens with zero attached hydrogens (tertiary/aromatic N) is 8. The quantitative estimate of drug-likeness (QED) is 0.0726. The van der Waals surface area contributed by atoms with Gasteiger partial charge in [-0.2, -0.15) is 10.2 Å². The lowest BCUT2D eigenvalue weighted by Crippen LogP contribution is -2.33. The fourth-order valence-corrected chi connectivity index (χ4v) is 5.29. The van der Waals surface area contributed by atoms with E-state index < -0.39 is 22.5 Å². The van der Waals surface area contributed by atoms with Crippen molar-refractivity contribution >= 4 is 28.7 Å². The Morgan fingerprint density at radius 1 is 0.738 bits per heavy atom. The number of hydrogen-bond acceptors (Lipinski definition) is 12. The number of aliphatic hydroxyl groups is 1. The summed E-state index contributed by atoms with van der Waals surface area (Å²) in [6.45, 7) is 30.3. The largest absolute Gasteiger partial charge is 1.00 e. The fraction of sp³-hybridized carbons (Fsp3) is 0.317. The van der Waals surface area contributed by atoms with Crippen LogP contribution in [0.25, 0.3) is 21.1 Å². The Balaban J connectivity index is 0.000000348. The Bertz CT molecular complexity index is 2710. The van der Waals surface area contributed by atoms with Crippen LogP contribution >= 0.6 is 0 Å². The number of ether oxygens (including phenoxy) is 2. The molecular weight excluding hydrogens is 787 g/mol. The van der Waals surface area contributed by atoms with E-state index in [1.54, 1.807) is 68.4 Å². The van der Waals surface area contributed by atoms with Gasteiger partial charge in [0.2, 0.25) is 17.4 Å². The molecule has 0 bridgehead atoms. The molecule has 61 heavy (non-hydrogen) atoms. The molecule has 0 aliphatic rings. The second-order valence-corrected chi connectivity index (χ2v) is 14.4. The molecule has 4 heterocycles. The third-order valence-electron chi connectivity index (χ3n) is 8.03. The van der Waals surface area contributed by atoms with E-state index in [0.29, 0.717) is 29.4 Å². The van der Waals surface area contributed by atoms with Gasteiger partial charge in [0.05, 0.1) is 43.8 Å². The summed E-state index contributed by atoms with van der Waals surface area (Å²) < 4.78 is 12.5. The van der Waals surface area contributed by atoms with E-state index >= 15 is 0 Å². The molecule has 4 aromatic heterocycles. The van der Waals surface area contributed by atoms with Gasteiger partial charge in [-0.3, -0.25) is 29.8 Å². The highest BCUT2D eigenvalue weighted by molar-refractivity contribution is 5.68. The van der Waals surface area contributed by atoms with E-state index in [1.165, 1.54) is 6.07 Å². The first kappa shape index (κ1) is 47.5. The number of para-hydroxylation sites is 2. The molecule has 2 aromatic carbocycles. The van der Waals surface area contributed by atoms with Crippen LogP contribution in [-0.2, 0) is 10.8 Å². The topological polar surface area (TPSA) is 265 Å². The van der Waals surface area contributed by atoms with Crippen LogP contribution < -0.4 is 37.7 Å². The molecule has 0 aliphatic heterocycles. The zero-order chi connectivity index (χ0) is 45.5. The number of benzene rings is 2. The van der Waals surface area contributed by atoms with Gasteiger partial charge < -0.3 is 21.7 Å². The molecule has 6 aromatic rings. The minimum Gasteiger partial charge on any atom is -1.00 e. The average Bonchev–Trinajstić information content (AvgIpc) is 3.83. The summed E-state index contributed by atoms with van der Waals surface area (Å²) in [7, 11) is 1.00. The van der Waals surface area contributed by atoms with E-state index in [0.717, 1.165) is 21.9 Å². The lowest BCUT2D eigenvalue weighted by molar-refractivity contribution is 0.323. The van der Waals surface area contributed by atoms with Gasteiger partial charge in [0.1, 0.15) is 0 Å². The van der Waals surface area contributed by atoms with Gasteiger partial charge in [0.15, 0.2) is 11.7 Å². The highest BCUT2D eigenvalue weighted by Crippen LogP contribution is 2.37. The molecule has 0 unspecified atom stereocenters. The van der Waals surface area contributed by atoms with Crippen LogP contribution in [0, 0.1) is 13.1 Å². The number of aromatic amines is 4. The summed E-state index contributed by atoms with van der Waals surface area (Å²) in [5.74, 6) is 0.429. The van der Waals surface area contributed by atoms with Gasteiger partial charge >= 0.3 is 11.4 Å². The summed E-state index contributed by atoms with van der Waals surface area (Å²) in [6, 6.07) is 18.4. The Morgan fingerprint density at radius 2 is 1.23 bits per heavy atom. The van der Waals surface area contributed by atoms with Crippen LogP contribution in [0.2, 0.25) is 0 Å². The van der Waals surface area contributed by atoms with Crippen molar-refractivity contribution in [3.8, 4) is 23.1 Å². The van der Waals surface area contributed by atoms with Crippen molar-refractivity contribution in [3.05, 3.63) is 143 Å². The maximum Gasteiger partial charge on any atom is 0.335 e. The minimum atomic E-state index is -0.701. The first-order valence-corrected chi connectivity index (χ1v) is 18.6. The number of nitrogen functional groups attached to an aromatic ring is 1. The highest BCUT2D eigenvalue weighted by atomic mass is 16.5. The number of nitrogens with one attached hydrogen (secondary N) is 4. The summed E-state index contributed by atoms with van der Waals surface area (Å²) in [5, 5.41) is 28.4. The predicted molar refractivity (Wildman–Crippen MR) is 233 cm³/mol. The summed E-state index contributed by atoms with van der Waals surface area (Å²) in [5.41, 5.74) is 5.53. The second-order valence-electron chi connectivity index (χ2n) is 14.4. The van der Waals surface area contributed by atoms with Crippen LogP contribution in [0.15, 0.2) is 96.1 Å². The zero-order valence-electron chi connectivity index (χ0n) is 36.3. The molecule has 0 fully saturated rings. The minimum absolute atomic E-state index is 0. The third-order valence-corrected chi connectivity index (χ3v) is 8.03. The van der Waals surface area contributed by atoms with Crippen LogP contribution in [0.5, 0.6) is 11.8 Å². The first-order chi connectivity index (χ1) is 29.0. The molecule has 0 saturated carbocycles. The molecule has 0 radical (unpaired) electrons. The number of aliphatic hydroxyl groups excluding tert-OH is 1. The van der Waals surface area contributed by atoms with Crippen molar-refractivity contribution in [2.45, 2.75) is 66.2 Å². The van der Waals surface area contributed by atoms with Crippen molar-refractivity contribution in [1.82, 2.24) is 39.5 Å². The monoisotopic (exact) mass is 837 g/mol. The molecule has 0 amide bonds. The maximum absolute atomic E-state index is 13.0. The molecule has 20 heteroatoms. The van der Waals surface area contributed by atoms with Crippen molar-refractivity contribution in [1.29, 1.82) is 0 Å². The van der Waals surface area contributed by atoms with Gasteiger partial charge in [0, 0.05) is 18.5 Å². The Morgan fingerprint density at radius 3 is 1.70 bits per heavy atom. The van der Waals surface area contributed by atoms with Crippen LogP contribution in [0.3, 0.4) is 0 Å². The number of rotatable bonds is 8. The Hall–Kier alpha value is -7.84. The fourth-order valence-electron chi connectivity index (χ4n) is 5.29. The van der Waals surface area contributed by atoms with Crippen molar-refractivity contribution in [3.63, 3.8) is 0 Å². The van der Waals surface area contributed by atoms with Crippen LogP contribution in [0.4, 0.5) is 28.7 Å². The van der Waals surface area contributed by atoms with Gasteiger partial charge in [0.25, 0.3) is 22.5 Å². The highest BCUT2D eigenvalue weighted by Gasteiger charge is 2.25. The van der Waals surface area contributed by atoms with Crippen LogP contribution in [-0.4, -0.2) is 64.9 Å². The zero-order valence-corrected chi connectivity index (χ0v) is 35.3. The number of aromatic nitrogens is 8. The molecule has 20 nitrogen and oxygen atoms in total. The maximum atomic E-state index is 13.0. The van der Waals surface area contributed by atoms with Gasteiger partial charge in [-0.05, 0) is 48.9 Å². The number of nitrogens with two attached hydrogens (primary N) is 1. The van der Waals surface area contributed by atoms with Gasteiger partial charge in [-0.1, -0.05) is 77.9 Å². The number of azo groups is 1. The van der Waals surface area contributed by atoms with E-state index in [4.69, 9.17) is 33.5 Å². The molecule has 0 atom stereocenters. The molecule has 7 N–H and O–H groups in total. The number of hydrogen-bond donors (Lipinski definition) is 6. The van der Waals surface area contributed by atoms with Gasteiger partial charge in [-0.15, -0.1) is 10.2 Å². The Labute approximate surface area is 351 Å². The predicted octanol–water partition coefficient (Wildman–Crippen LogP) is 6.40. The van der Waals surface area contributed by atoms with Crippen molar-refractivity contribution in [2.75, 3.05) is 26.1 Å². The van der Waals surface area contributed by atoms with Crippen molar-refractivity contribution < 1.29 is 16.0 Å². The molecular formula is C41H50N13O7-. The van der Waals surface area contributed by atoms with Crippen molar-refractivity contribution in [2.24, 2.45) is 10.2 Å². The standard InChI is InChI=1S/C20H21N7O3.C12H12N2O3.C8H12N4.CH4O.H/c1-6-30-17-14(18(28)27(19(29)22-17)12-10-8-7-9-11-12)23-25-16-13(21-5)15(24-26-16)20(2,3)4;1-2-17-10-8-11(15)14(12(16)13-10)9-6-4-3-5-7-9;1-8(2,3)6-5(10-4)7(9)12-11-6;1-2;/h7-11H,6H2,1-4H3,(H,22,29)(H,24,26);3-8H,2H2,1H3,(H,13,16);1-3H3,(H3,9,11,12);2H,1H3;/q;;;;-1/i;;;;1+1. The summed E-state index contributed by atoms with van der Waals surface area (Å²) in [6.07, 6.45) is 0. The first-order valence-electron chi connectivity index (χ1n) is 18.6. The van der Waals surface area contributed by atoms with E-state index in [9.17, 15) is 19.2 Å². The molecule has 0 aliphatic carbocycles. The second kappa shape index (κ2) is 21.2. The number of H-pyrrole nitrogens is 4.